The van der Waals surface area contributed by atoms with E-state index in [1.807, 2.05) is 6.92 Å². The van der Waals surface area contributed by atoms with Gasteiger partial charge < -0.3 is 15.8 Å². The van der Waals surface area contributed by atoms with Crippen molar-refractivity contribution in [2.45, 2.75) is 45.1 Å². The van der Waals surface area contributed by atoms with Crippen LogP contribution in [0.3, 0.4) is 0 Å². The Hall–Kier alpha value is -1.36. The first kappa shape index (κ1) is 14.1. The summed E-state index contributed by atoms with van der Waals surface area (Å²) < 4.78 is 5.37. The number of aromatic nitrogens is 2. The van der Waals surface area contributed by atoms with Crippen LogP contribution in [0.25, 0.3) is 0 Å². The number of hydrogen-bond donors (Lipinski definition) is 2. The van der Waals surface area contributed by atoms with Crippen molar-refractivity contribution in [1.29, 1.82) is 0 Å². The first-order chi connectivity index (χ1) is 9.17. The van der Waals surface area contributed by atoms with Crippen LogP contribution < -0.4 is 15.8 Å². The normalized spacial score (nSPS) is 27.0. The highest BCUT2D eigenvalue weighted by Crippen LogP contribution is 2.33. The van der Waals surface area contributed by atoms with Gasteiger partial charge in [-0.25, -0.2) is 0 Å². The number of rotatable bonds is 5. The van der Waals surface area contributed by atoms with Crippen molar-refractivity contribution >= 4 is 5.82 Å². The van der Waals surface area contributed by atoms with Gasteiger partial charge in [0.25, 0.3) is 0 Å². The Morgan fingerprint density at radius 3 is 2.79 bits per heavy atom. The van der Waals surface area contributed by atoms with Gasteiger partial charge in [0, 0.05) is 6.54 Å². The van der Waals surface area contributed by atoms with Gasteiger partial charge in [0.2, 0.25) is 5.88 Å². The van der Waals surface area contributed by atoms with E-state index in [0.717, 1.165) is 24.6 Å². The maximum Gasteiger partial charge on any atom is 0.234 e. The molecule has 0 saturated heterocycles. The Morgan fingerprint density at radius 2 is 2.16 bits per heavy atom. The molecule has 3 N–H and O–H groups in total. The smallest absolute Gasteiger partial charge is 0.234 e. The maximum atomic E-state index is 5.99. The van der Waals surface area contributed by atoms with Gasteiger partial charge in [-0.2, -0.15) is 4.98 Å². The first-order valence-corrected chi connectivity index (χ1v) is 7.10. The third-order valence-corrected chi connectivity index (χ3v) is 3.92. The highest BCUT2D eigenvalue weighted by atomic mass is 16.5. The van der Waals surface area contributed by atoms with Gasteiger partial charge in [0.15, 0.2) is 0 Å². The van der Waals surface area contributed by atoms with E-state index in [1.165, 1.54) is 12.8 Å². The molecule has 0 spiro atoms. The van der Waals surface area contributed by atoms with E-state index < -0.39 is 0 Å². The van der Waals surface area contributed by atoms with E-state index in [0.29, 0.717) is 19.0 Å². The number of nitrogens with one attached hydrogen (secondary N) is 1. The van der Waals surface area contributed by atoms with E-state index in [-0.39, 0.29) is 5.54 Å². The van der Waals surface area contributed by atoms with Crippen LogP contribution in [0, 0.1) is 5.92 Å². The minimum absolute atomic E-state index is 0.0357. The molecule has 1 aliphatic rings. The fourth-order valence-corrected chi connectivity index (χ4v) is 2.59. The summed E-state index contributed by atoms with van der Waals surface area (Å²) in [5.74, 6) is 2.11. The minimum atomic E-state index is -0.0357. The van der Waals surface area contributed by atoms with Gasteiger partial charge in [-0.15, -0.1) is 0 Å². The summed E-state index contributed by atoms with van der Waals surface area (Å²) in [6, 6.07) is 0. The molecule has 0 unspecified atom stereocenters. The van der Waals surface area contributed by atoms with Crippen molar-refractivity contribution in [3.63, 3.8) is 0 Å². The Kier molecular flexibility index (Phi) is 4.58. The monoisotopic (exact) mass is 264 g/mol. The molecule has 1 heterocycles. The quantitative estimate of drug-likeness (QED) is 0.853. The standard InChI is InChI=1S/C14H24N4O/c1-3-19-13-9-16-8-12(17-13)18-14(10-15)6-4-11(2)5-7-14/h8-9,11H,3-7,10,15H2,1-2H3,(H,17,18). The number of hydrogen-bond acceptors (Lipinski definition) is 5. The highest BCUT2D eigenvalue weighted by Gasteiger charge is 2.33. The lowest BCUT2D eigenvalue weighted by atomic mass is 9.77. The predicted octanol–water partition coefficient (Wildman–Crippen LogP) is 2.19. The van der Waals surface area contributed by atoms with Crippen LogP contribution in [-0.4, -0.2) is 28.7 Å². The van der Waals surface area contributed by atoms with E-state index in [4.69, 9.17) is 10.5 Å². The minimum Gasteiger partial charge on any atom is -0.477 e. The molecule has 0 radical (unpaired) electrons. The maximum absolute atomic E-state index is 5.99. The summed E-state index contributed by atoms with van der Waals surface area (Å²) >= 11 is 0. The highest BCUT2D eigenvalue weighted by molar-refractivity contribution is 5.37. The topological polar surface area (TPSA) is 73.1 Å². The van der Waals surface area contributed by atoms with E-state index in [9.17, 15) is 0 Å². The van der Waals surface area contributed by atoms with Crippen LogP contribution in [0.4, 0.5) is 5.82 Å². The van der Waals surface area contributed by atoms with Crippen molar-refractivity contribution in [2.24, 2.45) is 11.7 Å². The lowest BCUT2D eigenvalue weighted by molar-refractivity contribution is 0.270. The second-order valence-corrected chi connectivity index (χ2v) is 5.47. The van der Waals surface area contributed by atoms with Gasteiger partial charge in [-0.3, -0.25) is 4.98 Å². The Balaban J connectivity index is 2.07. The van der Waals surface area contributed by atoms with E-state index in [2.05, 4.69) is 22.2 Å². The van der Waals surface area contributed by atoms with Crippen molar-refractivity contribution in [1.82, 2.24) is 9.97 Å². The fourth-order valence-electron chi connectivity index (χ4n) is 2.59. The van der Waals surface area contributed by atoms with Gasteiger partial charge >= 0.3 is 0 Å². The molecule has 1 fully saturated rings. The van der Waals surface area contributed by atoms with Gasteiger partial charge in [-0.1, -0.05) is 6.92 Å². The van der Waals surface area contributed by atoms with Crippen LogP contribution in [0.15, 0.2) is 12.4 Å². The molecule has 5 nitrogen and oxygen atoms in total. The molecule has 1 saturated carbocycles. The molecule has 0 aliphatic heterocycles. The molecule has 5 heteroatoms. The summed E-state index contributed by atoms with van der Waals surface area (Å²) in [4.78, 5) is 8.58. The lowest BCUT2D eigenvalue weighted by Gasteiger charge is -2.39. The Morgan fingerprint density at radius 1 is 1.42 bits per heavy atom. The molecule has 19 heavy (non-hydrogen) atoms. The van der Waals surface area contributed by atoms with Crippen LogP contribution >= 0.6 is 0 Å². The summed E-state index contributed by atoms with van der Waals surface area (Å²) in [5.41, 5.74) is 5.95. The molecule has 1 aliphatic carbocycles. The SMILES string of the molecule is CCOc1cncc(NC2(CN)CCC(C)CC2)n1. The molecule has 1 aromatic heterocycles. The average molecular weight is 264 g/mol. The summed E-state index contributed by atoms with van der Waals surface area (Å²) in [6.45, 7) is 5.46. The zero-order valence-electron chi connectivity index (χ0n) is 11.9. The van der Waals surface area contributed by atoms with E-state index in [1.54, 1.807) is 12.4 Å². The molecule has 106 valence electrons. The Labute approximate surface area is 115 Å². The molecule has 0 atom stereocenters. The fraction of sp³-hybridized carbons (Fsp3) is 0.714. The zero-order chi connectivity index (χ0) is 13.7. The van der Waals surface area contributed by atoms with E-state index >= 15 is 0 Å². The second-order valence-electron chi connectivity index (χ2n) is 5.47. The van der Waals surface area contributed by atoms with Crippen molar-refractivity contribution in [3.8, 4) is 5.88 Å². The van der Waals surface area contributed by atoms with Gasteiger partial charge in [0.05, 0.1) is 24.5 Å². The number of ether oxygens (including phenoxy) is 1. The third kappa shape index (κ3) is 3.56. The molecule has 0 bridgehead atoms. The van der Waals surface area contributed by atoms with Crippen molar-refractivity contribution in [3.05, 3.63) is 12.4 Å². The van der Waals surface area contributed by atoms with Crippen LogP contribution in [0.5, 0.6) is 5.88 Å². The van der Waals surface area contributed by atoms with Gasteiger partial charge in [0.1, 0.15) is 5.82 Å². The number of nitrogens with two attached hydrogens (primary N) is 1. The summed E-state index contributed by atoms with van der Waals surface area (Å²) in [6.07, 6.45) is 7.96. The lowest BCUT2D eigenvalue weighted by Crippen LogP contribution is -2.48. The van der Waals surface area contributed by atoms with Crippen molar-refractivity contribution in [2.75, 3.05) is 18.5 Å². The zero-order valence-corrected chi connectivity index (χ0v) is 11.9. The third-order valence-electron chi connectivity index (χ3n) is 3.92. The number of anilines is 1. The largest absolute Gasteiger partial charge is 0.477 e. The van der Waals surface area contributed by atoms with Crippen LogP contribution in [0.2, 0.25) is 0 Å². The predicted molar refractivity (Wildman–Crippen MR) is 76.2 cm³/mol. The molecular formula is C14H24N4O. The molecule has 2 rings (SSSR count). The molecule has 0 amide bonds. The van der Waals surface area contributed by atoms with Crippen LogP contribution in [-0.2, 0) is 0 Å². The first-order valence-electron chi connectivity index (χ1n) is 7.10. The summed E-state index contributed by atoms with van der Waals surface area (Å²) in [5, 5.41) is 3.48. The summed E-state index contributed by atoms with van der Waals surface area (Å²) in [7, 11) is 0. The Bertz CT molecular complexity index is 402. The van der Waals surface area contributed by atoms with Gasteiger partial charge in [-0.05, 0) is 38.5 Å². The molecule has 1 aromatic rings. The second kappa shape index (κ2) is 6.19. The van der Waals surface area contributed by atoms with Crippen molar-refractivity contribution < 1.29 is 4.74 Å². The molecular weight excluding hydrogens is 240 g/mol. The number of nitrogens with zero attached hydrogens (tertiary/aromatic N) is 2. The van der Waals surface area contributed by atoms with Crippen LogP contribution in [0.1, 0.15) is 39.5 Å². The average Bonchev–Trinajstić information content (AvgIpc) is 2.43. The molecule has 0 aromatic carbocycles.